The maximum absolute atomic E-state index is 4.79. The van der Waals surface area contributed by atoms with Crippen LogP contribution in [0.2, 0.25) is 0 Å². The van der Waals surface area contributed by atoms with Crippen molar-refractivity contribution in [3.63, 3.8) is 0 Å². The first kappa shape index (κ1) is 5.39. The molecule has 0 aromatic heterocycles. The Morgan fingerprint density at radius 2 is 2.00 bits per heavy atom. The SMILES string of the molecule is C/C=P(\C)=S. The molecule has 0 amide bonds. The van der Waals surface area contributed by atoms with Crippen molar-refractivity contribution in [3.8, 4) is 0 Å². The third-order valence-corrected chi connectivity index (χ3v) is 1.72. The van der Waals surface area contributed by atoms with Gasteiger partial charge < -0.3 is 0 Å². The van der Waals surface area contributed by atoms with E-state index >= 15 is 0 Å². The van der Waals surface area contributed by atoms with Gasteiger partial charge in [0.05, 0.1) is 0 Å². The molecule has 0 spiro atoms. The Morgan fingerprint density at radius 3 is 2.00 bits per heavy atom. The Balaban J connectivity index is 3.62. The summed E-state index contributed by atoms with van der Waals surface area (Å²) in [6.07, 6.45) is -0.140. The second-order valence-electron chi connectivity index (χ2n) is 0.804. The molecule has 5 heavy (non-hydrogen) atoms. The molecule has 30 valence electrons. The number of rotatable bonds is 0. The zero-order chi connectivity index (χ0) is 4.28. The third-order valence-electron chi connectivity index (χ3n) is 0.364. The average Bonchev–Trinajstić information content (AvgIpc) is 1.38. The van der Waals surface area contributed by atoms with Gasteiger partial charge in [0.2, 0.25) is 0 Å². The second kappa shape index (κ2) is 2.62. The molecule has 0 aromatic rings. The fourth-order valence-corrected chi connectivity index (χ4v) is 0. The first-order chi connectivity index (χ1) is 2.27. The van der Waals surface area contributed by atoms with Gasteiger partial charge in [-0.15, -0.1) is 0 Å². The predicted octanol–water partition coefficient (Wildman–Crippen LogP) is 1.38. The van der Waals surface area contributed by atoms with Crippen LogP contribution in [0.25, 0.3) is 0 Å². The summed E-state index contributed by atoms with van der Waals surface area (Å²) in [5, 5.41) is 0. The van der Waals surface area contributed by atoms with Crippen LogP contribution in [0.15, 0.2) is 0 Å². The molecule has 0 aromatic carbocycles. The van der Waals surface area contributed by atoms with Crippen LogP contribution >= 0.6 is 6.32 Å². The molecular weight excluding hydrogens is 99.1 g/mol. The quantitative estimate of drug-likeness (QED) is 0.420. The van der Waals surface area contributed by atoms with Gasteiger partial charge in [-0.3, -0.25) is 0 Å². The van der Waals surface area contributed by atoms with Crippen LogP contribution in [0.1, 0.15) is 6.92 Å². The summed E-state index contributed by atoms with van der Waals surface area (Å²) in [6.45, 7) is 4.05. The fraction of sp³-hybridized carbons (Fsp3) is 0.667. The highest BCUT2D eigenvalue weighted by Crippen LogP contribution is 1.91. The monoisotopic (exact) mass is 106 g/mol. The van der Waals surface area contributed by atoms with E-state index in [-0.39, 0.29) is 6.32 Å². The Labute approximate surface area is 38.3 Å². The molecule has 0 saturated heterocycles. The van der Waals surface area contributed by atoms with Gasteiger partial charge in [0.25, 0.3) is 0 Å². The molecule has 0 saturated carbocycles. The number of hydrogen-bond donors (Lipinski definition) is 0. The molecule has 0 heterocycles. The fourth-order valence-electron chi connectivity index (χ4n) is 0. The minimum Gasteiger partial charge on any atom is -0.0645 e. The summed E-state index contributed by atoms with van der Waals surface area (Å²) in [4.78, 5) is 0. The average molecular weight is 106 g/mol. The zero-order valence-corrected chi connectivity index (χ0v) is 5.14. The van der Waals surface area contributed by atoms with Crippen LogP contribution in [0.5, 0.6) is 0 Å². The topological polar surface area (TPSA) is 0 Å². The van der Waals surface area contributed by atoms with Crippen LogP contribution in [0.3, 0.4) is 0 Å². The smallest absolute Gasteiger partial charge is 0.0163 e. The highest BCUT2D eigenvalue weighted by Gasteiger charge is 1.49. The van der Waals surface area contributed by atoms with Gasteiger partial charge in [-0.05, 0) is 13.6 Å². The molecule has 0 rings (SSSR count). The first-order valence-corrected chi connectivity index (χ1v) is 4.34. The molecule has 1 atom stereocenters. The van der Waals surface area contributed by atoms with E-state index in [1.807, 2.05) is 19.4 Å². The summed E-state index contributed by atoms with van der Waals surface area (Å²) in [7, 11) is 0. The van der Waals surface area contributed by atoms with Crippen molar-refractivity contribution in [1.82, 2.24) is 0 Å². The molecule has 0 bridgehead atoms. The maximum atomic E-state index is 4.79. The van der Waals surface area contributed by atoms with Crippen LogP contribution in [-0.2, 0) is 11.8 Å². The van der Waals surface area contributed by atoms with Crippen molar-refractivity contribution in [2.24, 2.45) is 0 Å². The molecule has 0 aliphatic heterocycles. The number of hydrogen-bond acceptors (Lipinski definition) is 1. The van der Waals surface area contributed by atoms with Crippen molar-refractivity contribution in [2.45, 2.75) is 6.92 Å². The van der Waals surface area contributed by atoms with E-state index in [4.69, 9.17) is 11.8 Å². The summed E-state index contributed by atoms with van der Waals surface area (Å²) in [6, 6.07) is 0. The molecule has 0 aliphatic rings. The lowest BCUT2D eigenvalue weighted by atomic mass is 11.0. The predicted molar refractivity (Wildman–Crippen MR) is 31.9 cm³/mol. The molecule has 0 N–H and O–H groups in total. The van der Waals surface area contributed by atoms with E-state index < -0.39 is 0 Å². The van der Waals surface area contributed by atoms with E-state index in [1.165, 1.54) is 0 Å². The molecule has 0 nitrogen and oxygen atoms in total. The molecule has 0 aliphatic carbocycles. The van der Waals surface area contributed by atoms with Crippen LogP contribution in [0, 0.1) is 0 Å². The van der Waals surface area contributed by atoms with Crippen molar-refractivity contribution in [2.75, 3.05) is 6.66 Å². The lowest BCUT2D eigenvalue weighted by Crippen LogP contribution is -1.40. The van der Waals surface area contributed by atoms with E-state index in [0.29, 0.717) is 0 Å². The van der Waals surface area contributed by atoms with Crippen LogP contribution in [0.4, 0.5) is 0 Å². The van der Waals surface area contributed by atoms with Gasteiger partial charge >= 0.3 is 0 Å². The van der Waals surface area contributed by atoms with E-state index in [0.717, 1.165) is 0 Å². The van der Waals surface area contributed by atoms with E-state index in [1.54, 1.807) is 0 Å². The maximum Gasteiger partial charge on any atom is -0.0163 e. The highest BCUT2D eigenvalue weighted by molar-refractivity contribution is 8.03. The van der Waals surface area contributed by atoms with Crippen LogP contribution in [-0.4, -0.2) is 12.5 Å². The zero-order valence-electron chi connectivity index (χ0n) is 3.43. The van der Waals surface area contributed by atoms with Gasteiger partial charge in [0.1, 0.15) is 0 Å². The lowest BCUT2D eigenvalue weighted by molar-refractivity contribution is 2.13. The molecule has 2 heteroatoms. The molecule has 0 fully saturated rings. The third kappa shape index (κ3) is 4.39. The van der Waals surface area contributed by atoms with E-state index in [2.05, 4.69) is 0 Å². The van der Waals surface area contributed by atoms with Gasteiger partial charge in [0.15, 0.2) is 0 Å². The Bertz CT molecular complexity index is 78.9. The molecular formula is C3H7PS. The Kier molecular flexibility index (Phi) is 2.82. The van der Waals surface area contributed by atoms with Gasteiger partial charge in [0, 0.05) is 0 Å². The Hall–Kier alpha value is 0.390. The van der Waals surface area contributed by atoms with Crippen molar-refractivity contribution >= 4 is 23.9 Å². The first-order valence-electron chi connectivity index (χ1n) is 1.47. The van der Waals surface area contributed by atoms with Gasteiger partial charge in [-0.25, -0.2) is 0 Å². The summed E-state index contributed by atoms with van der Waals surface area (Å²) in [5.41, 5.74) is 0. The van der Waals surface area contributed by atoms with Gasteiger partial charge in [-0.1, -0.05) is 23.9 Å². The summed E-state index contributed by atoms with van der Waals surface area (Å²) >= 11 is 4.79. The summed E-state index contributed by atoms with van der Waals surface area (Å²) in [5.74, 6) is 2.05. The van der Waals surface area contributed by atoms with Crippen molar-refractivity contribution in [1.29, 1.82) is 0 Å². The van der Waals surface area contributed by atoms with Crippen molar-refractivity contribution < 1.29 is 0 Å². The second-order valence-corrected chi connectivity index (χ2v) is 4.14. The molecule has 0 radical (unpaired) electrons. The van der Waals surface area contributed by atoms with Crippen molar-refractivity contribution in [3.05, 3.63) is 0 Å². The largest absolute Gasteiger partial charge is 0.0645 e. The molecule has 1 unspecified atom stereocenters. The van der Waals surface area contributed by atoms with Crippen LogP contribution < -0.4 is 0 Å². The minimum absolute atomic E-state index is 0.140. The van der Waals surface area contributed by atoms with Gasteiger partial charge in [-0.2, -0.15) is 0 Å². The standard InChI is InChI=1S/C3H7PS/c1-3-4(2)5/h3H,1-2H3. The Morgan fingerprint density at radius 1 is 1.80 bits per heavy atom. The highest BCUT2D eigenvalue weighted by atomic mass is 32.4. The van der Waals surface area contributed by atoms with E-state index in [9.17, 15) is 0 Å². The normalized spacial score (nSPS) is 12.0. The lowest BCUT2D eigenvalue weighted by Gasteiger charge is -1.59. The minimum atomic E-state index is -0.140. The summed E-state index contributed by atoms with van der Waals surface area (Å²) < 4.78 is 0.